The lowest BCUT2D eigenvalue weighted by molar-refractivity contribution is -0.149. The van der Waals surface area contributed by atoms with Gasteiger partial charge in [0.25, 0.3) is 5.91 Å². The fourth-order valence-electron chi connectivity index (χ4n) is 4.76. The summed E-state index contributed by atoms with van der Waals surface area (Å²) in [7, 11) is 0. The molecule has 3 aromatic carbocycles. The lowest BCUT2D eigenvalue weighted by atomic mass is 10.1. The van der Waals surface area contributed by atoms with Crippen LogP contribution in [-0.4, -0.2) is 35.0 Å². The Bertz CT molecular complexity index is 1150. The zero-order valence-electron chi connectivity index (χ0n) is 23.4. The monoisotopic (exact) mass is 532 g/mol. The number of hydrogen-bond acceptors (Lipinski definition) is 5. The van der Waals surface area contributed by atoms with E-state index < -0.39 is 11.9 Å². The van der Waals surface area contributed by atoms with Crippen molar-refractivity contribution in [2.75, 3.05) is 13.2 Å². The number of nitrogens with one attached hydrogen (secondary N) is 1. The van der Waals surface area contributed by atoms with Crippen LogP contribution in [0.1, 0.15) is 92.6 Å². The van der Waals surface area contributed by atoms with E-state index >= 15 is 0 Å². The molecule has 3 rings (SSSR count). The molecule has 0 radical (unpaired) electrons. The van der Waals surface area contributed by atoms with Gasteiger partial charge in [-0.3, -0.25) is 9.69 Å². The highest BCUT2D eigenvalue weighted by atomic mass is 16.7. The van der Waals surface area contributed by atoms with Crippen molar-refractivity contribution in [2.24, 2.45) is 0 Å². The van der Waals surface area contributed by atoms with Gasteiger partial charge in [0.1, 0.15) is 0 Å². The quantitative estimate of drug-likeness (QED) is 0.145. The number of nitrogens with zero attached hydrogens (tertiary/aromatic N) is 1. The summed E-state index contributed by atoms with van der Waals surface area (Å²) in [6.45, 7) is 4.19. The number of carbonyl (C=O) groups excluding carboxylic acids is 2. The van der Waals surface area contributed by atoms with Crippen LogP contribution in [0.5, 0.6) is 0 Å². The Labute approximate surface area is 233 Å². The van der Waals surface area contributed by atoms with Crippen molar-refractivity contribution in [3.05, 3.63) is 83.4 Å². The van der Waals surface area contributed by atoms with Crippen molar-refractivity contribution in [1.82, 2.24) is 10.4 Å². The average Bonchev–Trinajstić information content (AvgIpc) is 2.95. The summed E-state index contributed by atoms with van der Waals surface area (Å²) < 4.78 is 0. The number of unbranched alkanes of at least 4 members (excludes halogenated alkanes) is 8. The van der Waals surface area contributed by atoms with Crippen LogP contribution >= 0.6 is 0 Å². The third-order valence-corrected chi connectivity index (χ3v) is 7.00. The molecule has 3 aromatic rings. The van der Waals surface area contributed by atoms with Gasteiger partial charge < -0.3 is 9.94 Å². The third kappa shape index (κ3) is 11.2. The molecule has 0 saturated heterocycles. The van der Waals surface area contributed by atoms with Gasteiger partial charge in [0.05, 0.1) is 6.61 Å². The molecule has 39 heavy (non-hydrogen) atoms. The summed E-state index contributed by atoms with van der Waals surface area (Å²) in [4.78, 5) is 31.6. The Morgan fingerprint density at radius 2 is 1.38 bits per heavy atom. The van der Waals surface area contributed by atoms with Crippen molar-refractivity contribution in [1.29, 1.82) is 0 Å². The molecule has 0 fully saturated rings. The Morgan fingerprint density at radius 3 is 2.08 bits per heavy atom. The molecule has 6 nitrogen and oxygen atoms in total. The van der Waals surface area contributed by atoms with Crippen LogP contribution in [0.2, 0.25) is 0 Å². The highest BCUT2D eigenvalue weighted by molar-refractivity contribution is 5.94. The van der Waals surface area contributed by atoms with Crippen LogP contribution in [-0.2, 0) is 22.7 Å². The van der Waals surface area contributed by atoms with E-state index in [1.54, 1.807) is 12.1 Å². The molecule has 0 spiro atoms. The first-order valence-electron chi connectivity index (χ1n) is 14.5. The summed E-state index contributed by atoms with van der Waals surface area (Å²) in [5.41, 5.74) is 4.92. The van der Waals surface area contributed by atoms with Gasteiger partial charge in [-0.25, -0.2) is 4.79 Å². The van der Waals surface area contributed by atoms with Gasteiger partial charge in [-0.2, -0.15) is 5.48 Å². The lowest BCUT2D eigenvalue weighted by Gasteiger charge is -2.22. The first-order chi connectivity index (χ1) is 19.1. The van der Waals surface area contributed by atoms with E-state index in [0.717, 1.165) is 24.8 Å². The summed E-state index contributed by atoms with van der Waals surface area (Å²) in [5.74, 6) is -0.846. The Kier molecular flexibility index (Phi) is 13.5. The number of hydroxylamine groups is 1. The summed E-state index contributed by atoms with van der Waals surface area (Å²) >= 11 is 0. The van der Waals surface area contributed by atoms with Crippen molar-refractivity contribution in [2.45, 2.75) is 84.2 Å². The van der Waals surface area contributed by atoms with E-state index in [2.05, 4.69) is 47.6 Å². The van der Waals surface area contributed by atoms with Gasteiger partial charge >= 0.3 is 5.97 Å². The fourth-order valence-corrected chi connectivity index (χ4v) is 4.76. The minimum absolute atomic E-state index is 0.0679. The lowest BCUT2D eigenvalue weighted by Crippen LogP contribution is -2.27. The van der Waals surface area contributed by atoms with Crippen LogP contribution in [0.4, 0.5) is 0 Å². The van der Waals surface area contributed by atoms with E-state index in [0.29, 0.717) is 31.6 Å². The molecule has 0 heterocycles. The normalized spacial score (nSPS) is 11.2. The fraction of sp³-hybridized carbons (Fsp3) is 0.455. The second-order valence-electron chi connectivity index (χ2n) is 10.3. The molecular weight excluding hydrogens is 488 g/mol. The van der Waals surface area contributed by atoms with E-state index in [1.165, 1.54) is 54.9 Å². The van der Waals surface area contributed by atoms with Gasteiger partial charge in [0.15, 0.2) is 0 Å². The Balaban J connectivity index is 1.38. The maximum atomic E-state index is 12.4. The van der Waals surface area contributed by atoms with Crippen LogP contribution < -0.4 is 5.48 Å². The van der Waals surface area contributed by atoms with E-state index in [1.807, 2.05) is 24.3 Å². The van der Waals surface area contributed by atoms with Crippen LogP contribution in [0.3, 0.4) is 0 Å². The van der Waals surface area contributed by atoms with Crippen LogP contribution in [0.15, 0.2) is 66.7 Å². The molecule has 0 aromatic heterocycles. The number of aliphatic hydroxyl groups is 1. The minimum atomic E-state index is -0.439. The molecule has 1 amide bonds. The summed E-state index contributed by atoms with van der Waals surface area (Å²) in [5, 5.41) is 12.0. The van der Waals surface area contributed by atoms with Crippen molar-refractivity contribution in [3.8, 4) is 0 Å². The summed E-state index contributed by atoms with van der Waals surface area (Å²) in [6.07, 6.45) is 10.9. The van der Waals surface area contributed by atoms with Gasteiger partial charge in [0, 0.05) is 31.6 Å². The molecule has 0 aliphatic heterocycles. The number of fused-ring (bicyclic) bond motifs is 1. The SMILES string of the molecule is CCCCCCCCCCCC(=O)ONC(=O)c1ccc(CN(CCO)Cc2ccc3ccccc3c2)cc1. The van der Waals surface area contributed by atoms with Crippen LogP contribution in [0, 0.1) is 0 Å². The first-order valence-corrected chi connectivity index (χ1v) is 14.5. The van der Waals surface area contributed by atoms with Crippen LogP contribution in [0.25, 0.3) is 10.8 Å². The van der Waals surface area contributed by atoms with Crippen molar-refractivity contribution < 1.29 is 19.5 Å². The molecule has 0 aliphatic rings. The molecule has 6 heteroatoms. The van der Waals surface area contributed by atoms with Gasteiger partial charge in [0.2, 0.25) is 0 Å². The molecule has 0 saturated carbocycles. The molecule has 0 unspecified atom stereocenters. The molecule has 210 valence electrons. The third-order valence-electron chi connectivity index (χ3n) is 7.00. The number of carbonyl (C=O) groups is 2. The smallest absolute Gasteiger partial charge is 0.332 e. The van der Waals surface area contributed by atoms with Crippen molar-refractivity contribution >= 4 is 22.6 Å². The molecule has 0 atom stereocenters. The van der Waals surface area contributed by atoms with Gasteiger partial charge in [-0.05, 0) is 46.5 Å². The number of hydrogen-bond donors (Lipinski definition) is 2. The topological polar surface area (TPSA) is 78.9 Å². The van der Waals surface area contributed by atoms with E-state index in [-0.39, 0.29) is 6.61 Å². The number of rotatable bonds is 17. The highest BCUT2D eigenvalue weighted by Gasteiger charge is 2.11. The Hall–Kier alpha value is -3.22. The first kappa shape index (κ1) is 30.3. The zero-order chi connectivity index (χ0) is 27.7. The molecule has 0 aliphatic carbocycles. The maximum Gasteiger partial charge on any atom is 0.332 e. The van der Waals surface area contributed by atoms with Crippen molar-refractivity contribution in [3.63, 3.8) is 0 Å². The number of amides is 1. The zero-order valence-corrected chi connectivity index (χ0v) is 23.4. The maximum absolute atomic E-state index is 12.4. The molecule has 2 N–H and O–H groups in total. The molecule has 0 bridgehead atoms. The van der Waals surface area contributed by atoms with Gasteiger partial charge in [-0.1, -0.05) is 107 Å². The second kappa shape index (κ2) is 17.4. The van der Waals surface area contributed by atoms with Gasteiger partial charge in [-0.15, -0.1) is 0 Å². The predicted molar refractivity (Wildman–Crippen MR) is 157 cm³/mol. The number of aliphatic hydroxyl groups excluding tert-OH is 1. The number of benzene rings is 3. The predicted octanol–water partition coefficient (Wildman–Crippen LogP) is 6.94. The highest BCUT2D eigenvalue weighted by Crippen LogP contribution is 2.18. The average molecular weight is 533 g/mol. The molecular formula is C33H44N2O4. The minimum Gasteiger partial charge on any atom is -0.395 e. The van der Waals surface area contributed by atoms with E-state index in [4.69, 9.17) is 4.84 Å². The Morgan fingerprint density at radius 1 is 0.769 bits per heavy atom. The second-order valence-corrected chi connectivity index (χ2v) is 10.3. The summed E-state index contributed by atoms with van der Waals surface area (Å²) in [6, 6.07) is 21.9. The standard InChI is InChI=1S/C33H44N2O4/c1-2-3-4-5-6-7-8-9-10-15-32(37)39-34-33(38)30-20-16-27(17-21-30)25-35(22-23-36)26-28-18-19-29-13-11-12-14-31(29)24-28/h11-14,16-21,24,36H,2-10,15,22-23,25-26H2,1H3,(H,34,38). The largest absolute Gasteiger partial charge is 0.395 e. The van der Waals surface area contributed by atoms with E-state index in [9.17, 15) is 14.7 Å².